The SMILES string of the molecule is CC(Nc1ncnc2nc(N)ccc12)C(C)(C)CN(C)C. The first-order valence-corrected chi connectivity index (χ1v) is 7.08. The lowest BCUT2D eigenvalue weighted by molar-refractivity contribution is 0.217. The molecule has 2 aromatic rings. The molecule has 0 aliphatic carbocycles. The molecule has 0 spiro atoms. The van der Waals surface area contributed by atoms with Crippen molar-refractivity contribution in [3.63, 3.8) is 0 Å². The summed E-state index contributed by atoms with van der Waals surface area (Å²) in [6.45, 7) is 7.63. The van der Waals surface area contributed by atoms with Crippen LogP contribution in [0.2, 0.25) is 0 Å². The Bertz CT molecular complexity index is 623. The van der Waals surface area contributed by atoms with Crippen molar-refractivity contribution in [3.8, 4) is 0 Å². The van der Waals surface area contributed by atoms with Gasteiger partial charge in [0.15, 0.2) is 5.65 Å². The molecule has 0 aliphatic rings. The molecule has 21 heavy (non-hydrogen) atoms. The van der Waals surface area contributed by atoms with Crippen LogP contribution in [0, 0.1) is 5.41 Å². The Morgan fingerprint density at radius 2 is 2.00 bits per heavy atom. The van der Waals surface area contributed by atoms with Crippen LogP contribution in [0.5, 0.6) is 0 Å². The molecule has 0 aromatic carbocycles. The molecule has 2 heterocycles. The summed E-state index contributed by atoms with van der Waals surface area (Å²) in [5, 5.41) is 4.38. The molecule has 0 bridgehead atoms. The number of rotatable bonds is 5. The number of nitrogens with two attached hydrogens (primary N) is 1. The van der Waals surface area contributed by atoms with Crippen LogP contribution >= 0.6 is 0 Å². The van der Waals surface area contributed by atoms with E-state index in [1.54, 1.807) is 6.07 Å². The molecule has 6 nitrogen and oxygen atoms in total. The monoisotopic (exact) mass is 288 g/mol. The van der Waals surface area contributed by atoms with Crippen LogP contribution in [-0.2, 0) is 0 Å². The smallest absolute Gasteiger partial charge is 0.166 e. The van der Waals surface area contributed by atoms with Gasteiger partial charge in [0.05, 0.1) is 5.39 Å². The highest BCUT2D eigenvalue weighted by Crippen LogP contribution is 2.26. The van der Waals surface area contributed by atoms with Crippen LogP contribution < -0.4 is 11.1 Å². The molecule has 0 saturated carbocycles. The van der Waals surface area contributed by atoms with E-state index in [0.29, 0.717) is 11.5 Å². The van der Waals surface area contributed by atoms with E-state index in [-0.39, 0.29) is 11.5 Å². The molecular weight excluding hydrogens is 264 g/mol. The zero-order valence-corrected chi connectivity index (χ0v) is 13.4. The number of nitrogen functional groups attached to an aromatic ring is 1. The van der Waals surface area contributed by atoms with E-state index in [9.17, 15) is 0 Å². The second-order valence-corrected chi connectivity index (χ2v) is 6.42. The fraction of sp³-hybridized carbons (Fsp3) is 0.533. The molecule has 3 N–H and O–H groups in total. The minimum absolute atomic E-state index is 0.0992. The highest BCUT2D eigenvalue weighted by molar-refractivity contribution is 5.87. The van der Waals surface area contributed by atoms with Gasteiger partial charge in [0.1, 0.15) is 18.0 Å². The second kappa shape index (κ2) is 5.81. The zero-order valence-electron chi connectivity index (χ0n) is 13.4. The number of nitrogens with zero attached hydrogens (tertiary/aromatic N) is 4. The van der Waals surface area contributed by atoms with Crippen molar-refractivity contribution in [2.24, 2.45) is 5.41 Å². The van der Waals surface area contributed by atoms with E-state index >= 15 is 0 Å². The molecule has 1 atom stereocenters. The van der Waals surface area contributed by atoms with Crippen LogP contribution in [-0.4, -0.2) is 46.5 Å². The maximum absolute atomic E-state index is 5.70. The Hall–Kier alpha value is -1.95. The molecule has 114 valence electrons. The maximum Gasteiger partial charge on any atom is 0.166 e. The molecule has 0 amide bonds. The summed E-state index contributed by atoms with van der Waals surface area (Å²) < 4.78 is 0. The van der Waals surface area contributed by atoms with Gasteiger partial charge in [-0.1, -0.05) is 13.8 Å². The van der Waals surface area contributed by atoms with Gasteiger partial charge in [-0.2, -0.15) is 0 Å². The summed E-state index contributed by atoms with van der Waals surface area (Å²) in [5.41, 5.74) is 6.42. The number of anilines is 2. The van der Waals surface area contributed by atoms with Gasteiger partial charge in [-0.25, -0.2) is 15.0 Å². The molecule has 0 radical (unpaired) electrons. The number of fused-ring (bicyclic) bond motifs is 1. The third-order valence-corrected chi connectivity index (χ3v) is 3.77. The first-order valence-electron chi connectivity index (χ1n) is 7.08. The predicted molar refractivity (Wildman–Crippen MR) is 87.2 cm³/mol. The van der Waals surface area contributed by atoms with Gasteiger partial charge in [0.25, 0.3) is 0 Å². The van der Waals surface area contributed by atoms with Gasteiger partial charge in [-0.3, -0.25) is 0 Å². The first kappa shape index (κ1) is 15.4. The molecule has 2 rings (SSSR count). The average Bonchev–Trinajstić information content (AvgIpc) is 2.37. The van der Waals surface area contributed by atoms with Gasteiger partial charge in [-0.15, -0.1) is 0 Å². The van der Waals surface area contributed by atoms with Crippen molar-refractivity contribution < 1.29 is 0 Å². The molecule has 6 heteroatoms. The topological polar surface area (TPSA) is 80.0 Å². The third-order valence-electron chi connectivity index (χ3n) is 3.77. The lowest BCUT2D eigenvalue weighted by Crippen LogP contribution is -2.41. The minimum Gasteiger partial charge on any atom is -0.384 e. The fourth-order valence-electron chi connectivity index (χ4n) is 2.42. The molecule has 2 aromatic heterocycles. The van der Waals surface area contributed by atoms with Gasteiger partial charge >= 0.3 is 0 Å². The highest BCUT2D eigenvalue weighted by atomic mass is 15.1. The number of aromatic nitrogens is 3. The van der Waals surface area contributed by atoms with Crippen molar-refractivity contribution >= 4 is 22.7 Å². The largest absolute Gasteiger partial charge is 0.384 e. The quantitative estimate of drug-likeness (QED) is 0.876. The van der Waals surface area contributed by atoms with Crippen molar-refractivity contribution in [3.05, 3.63) is 18.5 Å². The Labute approximate surface area is 125 Å². The normalized spacial score (nSPS) is 13.6. The second-order valence-electron chi connectivity index (χ2n) is 6.42. The molecule has 1 unspecified atom stereocenters. The summed E-state index contributed by atoms with van der Waals surface area (Å²) >= 11 is 0. The lowest BCUT2D eigenvalue weighted by atomic mass is 9.85. The lowest BCUT2D eigenvalue weighted by Gasteiger charge is -2.35. The summed E-state index contributed by atoms with van der Waals surface area (Å²) in [6.07, 6.45) is 1.52. The molecular formula is C15H24N6. The zero-order chi connectivity index (χ0) is 15.6. The standard InChI is InChI=1S/C15H24N6/c1-10(15(2,3)8-21(4)5)19-13-11-6-7-12(16)20-14(11)18-9-17-13/h6-7,9-10H,8H2,1-5H3,(H3,16,17,18,19,20). The van der Waals surface area contributed by atoms with E-state index in [0.717, 1.165) is 17.7 Å². The van der Waals surface area contributed by atoms with Gasteiger partial charge < -0.3 is 16.0 Å². The predicted octanol–water partition coefficient (Wildman–Crippen LogP) is 2.00. The van der Waals surface area contributed by atoms with E-state index in [2.05, 4.69) is 60.0 Å². The van der Waals surface area contributed by atoms with E-state index < -0.39 is 0 Å². The Kier molecular flexibility index (Phi) is 4.27. The van der Waals surface area contributed by atoms with Gasteiger partial charge in [-0.05, 0) is 38.6 Å². The van der Waals surface area contributed by atoms with Crippen molar-refractivity contribution in [1.29, 1.82) is 0 Å². The van der Waals surface area contributed by atoms with Gasteiger partial charge in [0, 0.05) is 12.6 Å². The van der Waals surface area contributed by atoms with Crippen LogP contribution in [0.3, 0.4) is 0 Å². The van der Waals surface area contributed by atoms with E-state index in [4.69, 9.17) is 5.73 Å². The maximum atomic E-state index is 5.70. The fourth-order valence-corrected chi connectivity index (χ4v) is 2.42. The van der Waals surface area contributed by atoms with Crippen molar-refractivity contribution in [1.82, 2.24) is 19.9 Å². The minimum atomic E-state index is 0.0992. The van der Waals surface area contributed by atoms with Crippen LogP contribution in [0.15, 0.2) is 18.5 Å². The number of hydrogen-bond acceptors (Lipinski definition) is 6. The van der Waals surface area contributed by atoms with Crippen molar-refractivity contribution in [2.45, 2.75) is 26.8 Å². The van der Waals surface area contributed by atoms with Crippen LogP contribution in [0.25, 0.3) is 11.0 Å². The van der Waals surface area contributed by atoms with E-state index in [1.165, 1.54) is 6.33 Å². The Morgan fingerprint density at radius 1 is 1.29 bits per heavy atom. The Morgan fingerprint density at radius 3 is 2.67 bits per heavy atom. The van der Waals surface area contributed by atoms with Crippen molar-refractivity contribution in [2.75, 3.05) is 31.7 Å². The van der Waals surface area contributed by atoms with Crippen LogP contribution in [0.4, 0.5) is 11.6 Å². The summed E-state index contributed by atoms with van der Waals surface area (Å²) in [6, 6.07) is 3.92. The summed E-state index contributed by atoms with van der Waals surface area (Å²) in [5.74, 6) is 1.26. The first-order chi connectivity index (χ1) is 9.79. The number of hydrogen-bond donors (Lipinski definition) is 2. The van der Waals surface area contributed by atoms with Crippen LogP contribution in [0.1, 0.15) is 20.8 Å². The summed E-state index contributed by atoms with van der Waals surface area (Å²) in [4.78, 5) is 14.9. The highest BCUT2D eigenvalue weighted by Gasteiger charge is 2.27. The molecule has 0 fully saturated rings. The average molecular weight is 288 g/mol. The summed E-state index contributed by atoms with van der Waals surface area (Å²) in [7, 11) is 4.17. The Balaban J connectivity index is 2.27. The molecule has 0 aliphatic heterocycles. The number of pyridine rings is 1. The van der Waals surface area contributed by atoms with E-state index in [1.807, 2.05) is 6.07 Å². The molecule has 0 saturated heterocycles. The third kappa shape index (κ3) is 3.58. The van der Waals surface area contributed by atoms with Gasteiger partial charge in [0.2, 0.25) is 0 Å². The number of nitrogens with one attached hydrogen (secondary N) is 1.